The van der Waals surface area contributed by atoms with Crippen molar-refractivity contribution < 1.29 is 4.74 Å². The van der Waals surface area contributed by atoms with Crippen molar-refractivity contribution in [2.45, 2.75) is 26.2 Å². The maximum absolute atomic E-state index is 5.80. The Bertz CT molecular complexity index is 151. The van der Waals surface area contributed by atoms with E-state index in [4.69, 9.17) is 10.5 Å². The van der Waals surface area contributed by atoms with Crippen molar-refractivity contribution in [3.8, 4) is 0 Å². The molecule has 1 heterocycles. The molecule has 1 aliphatic heterocycles. The first-order valence-electron chi connectivity index (χ1n) is 4.72. The van der Waals surface area contributed by atoms with E-state index >= 15 is 0 Å². The van der Waals surface area contributed by atoms with Crippen LogP contribution in [0.1, 0.15) is 26.2 Å². The second kappa shape index (κ2) is 5.14. The van der Waals surface area contributed by atoms with Gasteiger partial charge in [0.1, 0.15) is 0 Å². The molecule has 0 spiro atoms. The van der Waals surface area contributed by atoms with Gasteiger partial charge in [-0.1, -0.05) is 6.92 Å². The van der Waals surface area contributed by atoms with E-state index < -0.39 is 0 Å². The van der Waals surface area contributed by atoms with E-state index in [1.54, 1.807) is 0 Å². The normalized spacial score (nSPS) is 25.8. The van der Waals surface area contributed by atoms with Gasteiger partial charge in [-0.15, -0.1) is 0 Å². The first kappa shape index (κ1) is 9.52. The molecule has 1 rings (SSSR count). The number of hydrogen-bond acceptors (Lipinski definition) is 2. The van der Waals surface area contributed by atoms with Gasteiger partial charge in [-0.2, -0.15) is 0 Å². The second-order valence-corrected chi connectivity index (χ2v) is 3.22. The van der Waals surface area contributed by atoms with Crippen molar-refractivity contribution in [1.82, 2.24) is 0 Å². The maximum atomic E-state index is 5.80. The minimum Gasteiger partial charge on any atom is -0.387 e. The summed E-state index contributed by atoms with van der Waals surface area (Å²) in [4.78, 5) is 4.28. The van der Waals surface area contributed by atoms with Gasteiger partial charge < -0.3 is 10.5 Å². The van der Waals surface area contributed by atoms with Gasteiger partial charge in [0.2, 0.25) is 0 Å². The zero-order valence-corrected chi connectivity index (χ0v) is 7.75. The average Bonchev–Trinajstić information content (AvgIpc) is 2.15. The molecule has 3 nitrogen and oxygen atoms in total. The number of nitrogens with zero attached hydrogens (tertiary/aromatic N) is 1. The summed E-state index contributed by atoms with van der Waals surface area (Å²) in [6.45, 7) is 4.60. The lowest BCUT2D eigenvalue weighted by Gasteiger charge is -2.21. The lowest BCUT2D eigenvalue weighted by molar-refractivity contribution is 0.0765. The van der Waals surface area contributed by atoms with E-state index in [0.717, 1.165) is 44.9 Å². The Hall–Kier alpha value is -0.570. The van der Waals surface area contributed by atoms with Crippen LogP contribution in [0.5, 0.6) is 0 Å². The van der Waals surface area contributed by atoms with Crippen molar-refractivity contribution >= 4 is 5.84 Å². The molecule has 1 fully saturated rings. The number of amidine groups is 1. The molecular formula is C9H18N2O. The van der Waals surface area contributed by atoms with Crippen LogP contribution in [0.15, 0.2) is 4.99 Å². The minimum absolute atomic E-state index is 0.380. The van der Waals surface area contributed by atoms with Crippen LogP contribution < -0.4 is 5.73 Å². The van der Waals surface area contributed by atoms with E-state index in [2.05, 4.69) is 11.9 Å². The Morgan fingerprint density at radius 3 is 3.08 bits per heavy atom. The molecular weight excluding hydrogens is 152 g/mol. The zero-order chi connectivity index (χ0) is 8.81. The van der Waals surface area contributed by atoms with Crippen LogP contribution in [0.25, 0.3) is 0 Å². The van der Waals surface area contributed by atoms with Gasteiger partial charge in [0.25, 0.3) is 0 Å². The molecule has 0 aromatic carbocycles. The fourth-order valence-corrected chi connectivity index (χ4v) is 1.34. The summed E-state index contributed by atoms with van der Waals surface area (Å²) in [5, 5.41) is 0. The lowest BCUT2D eigenvalue weighted by Crippen LogP contribution is -2.31. The third-order valence-electron chi connectivity index (χ3n) is 2.10. The highest BCUT2D eigenvalue weighted by molar-refractivity contribution is 5.83. The summed E-state index contributed by atoms with van der Waals surface area (Å²) in [5.74, 6) is 1.17. The Balaban J connectivity index is 2.33. The van der Waals surface area contributed by atoms with Crippen LogP contribution in [0, 0.1) is 5.92 Å². The van der Waals surface area contributed by atoms with E-state index in [0.29, 0.717) is 5.92 Å². The smallest absolute Gasteiger partial charge is 0.0991 e. The number of nitrogens with two attached hydrogens (primary N) is 1. The van der Waals surface area contributed by atoms with Crippen LogP contribution in [0.2, 0.25) is 0 Å². The van der Waals surface area contributed by atoms with E-state index in [1.165, 1.54) is 0 Å². The van der Waals surface area contributed by atoms with Gasteiger partial charge in [-0.25, -0.2) is 0 Å². The largest absolute Gasteiger partial charge is 0.387 e. The Morgan fingerprint density at radius 1 is 1.67 bits per heavy atom. The summed E-state index contributed by atoms with van der Waals surface area (Å²) in [6.07, 6.45) is 3.32. The van der Waals surface area contributed by atoms with Gasteiger partial charge in [0.15, 0.2) is 0 Å². The van der Waals surface area contributed by atoms with Crippen LogP contribution >= 0.6 is 0 Å². The molecule has 0 saturated carbocycles. The molecule has 1 atom stereocenters. The Morgan fingerprint density at radius 2 is 2.50 bits per heavy atom. The minimum atomic E-state index is 0.380. The summed E-state index contributed by atoms with van der Waals surface area (Å²) in [7, 11) is 0. The average molecular weight is 170 g/mol. The SMILES string of the molecule is CCCN=C(N)C1CCCOC1. The van der Waals surface area contributed by atoms with E-state index in [-0.39, 0.29) is 0 Å². The predicted molar refractivity (Wildman–Crippen MR) is 50.3 cm³/mol. The fraction of sp³-hybridized carbons (Fsp3) is 0.889. The molecule has 12 heavy (non-hydrogen) atoms. The van der Waals surface area contributed by atoms with E-state index in [1.807, 2.05) is 0 Å². The fourth-order valence-electron chi connectivity index (χ4n) is 1.34. The first-order valence-corrected chi connectivity index (χ1v) is 4.72. The number of aliphatic imine (C=N–C) groups is 1. The van der Waals surface area contributed by atoms with Gasteiger partial charge in [0.05, 0.1) is 12.4 Å². The second-order valence-electron chi connectivity index (χ2n) is 3.22. The number of hydrogen-bond donors (Lipinski definition) is 1. The Kier molecular flexibility index (Phi) is 4.08. The quantitative estimate of drug-likeness (QED) is 0.510. The van der Waals surface area contributed by atoms with Crippen LogP contribution in [0.3, 0.4) is 0 Å². The highest BCUT2D eigenvalue weighted by Gasteiger charge is 2.16. The maximum Gasteiger partial charge on any atom is 0.0991 e. The molecule has 0 radical (unpaired) electrons. The van der Waals surface area contributed by atoms with Crippen molar-refractivity contribution in [1.29, 1.82) is 0 Å². The van der Waals surface area contributed by atoms with Gasteiger partial charge in [-0.05, 0) is 19.3 Å². The summed E-state index contributed by atoms with van der Waals surface area (Å²) >= 11 is 0. The summed E-state index contributed by atoms with van der Waals surface area (Å²) < 4.78 is 5.32. The third kappa shape index (κ3) is 2.81. The van der Waals surface area contributed by atoms with Gasteiger partial charge >= 0.3 is 0 Å². The molecule has 0 aliphatic carbocycles. The topological polar surface area (TPSA) is 47.6 Å². The molecule has 0 bridgehead atoms. The first-order chi connectivity index (χ1) is 5.84. The standard InChI is InChI=1S/C9H18N2O/c1-2-5-11-9(10)8-4-3-6-12-7-8/h8H,2-7H2,1H3,(H2,10,11). The summed E-state index contributed by atoms with van der Waals surface area (Å²) in [5.41, 5.74) is 5.80. The summed E-state index contributed by atoms with van der Waals surface area (Å²) in [6, 6.07) is 0. The van der Waals surface area contributed by atoms with Crippen molar-refractivity contribution in [2.75, 3.05) is 19.8 Å². The molecule has 0 amide bonds. The predicted octanol–water partition coefficient (Wildman–Crippen LogP) is 1.18. The third-order valence-corrected chi connectivity index (χ3v) is 2.10. The monoisotopic (exact) mass is 170 g/mol. The van der Waals surface area contributed by atoms with E-state index in [9.17, 15) is 0 Å². The van der Waals surface area contributed by atoms with Crippen LogP contribution in [-0.2, 0) is 4.74 Å². The Labute approximate surface area is 74.0 Å². The van der Waals surface area contributed by atoms with Crippen LogP contribution in [-0.4, -0.2) is 25.6 Å². The van der Waals surface area contributed by atoms with Crippen LogP contribution in [0.4, 0.5) is 0 Å². The lowest BCUT2D eigenvalue weighted by atomic mass is 10.0. The molecule has 2 N–H and O–H groups in total. The zero-order valence-electron chi connectivity index (χ0n) is 7.75. The van der Waals surface area contributed by atoms with Crippen molar-refractivity contribution in [3.05, 3.63) is 0 Å². The highest BCUT2D eigenvalue weighted by Crippen LogP contribution is 2.13. The van der Waals surface area contributed by atoms with Gasteiger partial charge in [-0.3, -0.25) is 4.99 Å². The molecule has 1 aliphatic rings. The molecule has 70 valence electrons. The molecule has 1 saturated heterocycles. The number of ether oxygens (including phenoxy) is 1. The van der Waals surface area contributed by atoms with Crippen molar-refractivity contribution in [3.63, 3.8) is 0 Å². The van der Waals surface area contributed by atoms with Crippen molar-refractivity contribution in [2.24, 2.45) is 16.6 Å². The van der Waals surface area contributed by atoms with Gasteiger partial charge in [0, 0.05) is 19.1 Å². The molecule has 0 aromatic rings. The molecule has 0 aromatic heterocycles. The molecule has 3 heteroatoms. The molecule has 1 unspecified atom stereocenters. The highest BCUT2D eigenvalue weighted by atomic mass is 16.5. The number of rotatable bonds is 3.